The monoisotopic (exact) mass is 526 g/mol. The molecule has 0 aliphatic carbocycles. The molecule has 0 spiro atoms. The predicted molar refractivity (Wildman–Crippen MR) is 130 cm³/mol. The number of rotatable bonds is 14. The SMILES string of the molecule is NC(=O)NCCCCCCNC(=O)NCC(NC(=O)C1CCCN1S(=O)(=O)c1ccccc1)C(=O)O. The van der Waals surface area contributed by atoms with Crippen LogP contribution in [0.15, 0.2) is 35.2 Å². The van der Waals surface area contributed by atoms with Crippen molar-refractivity contribution in [1.29, 1.82) is 0 Å². The Labute approximate surface area is 210 Å². The molecule has 0 aromatic heterocycles. The van der Waals surface area contributed by atoms with Crippen molar-refractivity contribution in [3.63, 3.8) is 0 Å². The number of unbranched alkanes of at least 4 members (excludes halogenated alkanes) is 3. The van der Waals surface area contributed by atoms with Gasteiger partial charge in [0.1, 0.15) is 12.1 Å². The Morgan fingerprint density at radius 3 is 2.25 bits per heavy atom. The molecule has 2 unspecified atom stereocenters. The maximum atomic E-state index is 13.0. The lowest BCUT2D eigenvalue weighted by atomic mass is 10.2. The van der Waals surface area contributed by atoms with Crippen molar-refractivity contribution >= 4 is 34.0 Å². The minimum Gasteiger partial charge on any atom is -0.480 e. The van der Waals surface area contributed by atoms with E-state index in [9.17, 15) is 32.7 Å². The fourth-order valence-electron chi connectivity index (χ4n) is 3.76. The summed E-state index contributed by atoms with van der Waals surface area (Å²) in [6.07, 6.45) is 3.84. The van der Waals surface area contributed by atoms with Crippen LogP contribution in [0.2, 0.25) is 0 Å². The quantitative estimate of drug-likeness (QED) is 0.182. The van der Waals surface area contributed by atoms with Gasteiger partial charge in [0.15, 0.2) is 0 Å². The molecule has 1 aromatic rings. The normalized spacial score (nSPS) is 16.6. The van der Waals surface area contributed by atoms with Gasteiger partial charge in [-0.25, -0.2) is 22.8 Å². The van der Waals surface area contributed by atoms with Gasteiger partial charge in [-0.2, -0.15) is 4.31 Å². The molecular weight excluding hydrogens is 492 g/mol. The number of aliphatic carboxylic acids is 1. The molecule has 1 aliphatic rings. The first-order chi connectivity index (χ1) is 17.1. The largest absolute Gasteiger partial charge is 0.480 e. The number of amides is 5. The van der Waals surface area contributed by atoms with Crippen LogP contribution in [0.25, 0.3) is 0 Å². The molecular formula is C22H34N6O7S. The summed E-state index contributed by atoms with van der Waals surface area (Å²) in [6.45, 7) is 0.634. The van der Waals surface area contributed by atoms with Crippen molar-refractivity contribution in [3.8, 4) is 0 Å². The zero-order chi connectivity index (χ0) is 26.6. The van der Waals surface area contributed by atoms with Crippen LogP contribution in [0.1, 0.15) is 38.5 Å². The van der Waals surface area contributed by atoms with Crippen LogP contribution in [0, 0.1) is 0 Å². The minimum atomic E-state index is -3.92. The molecule has 2 rings (SSSR count). The summed E-state index contributed by atoms with van der Waals surface area (Å²) >= 11 is 0. The summed E-state index contributed by atoms with van der Waals surface area (Å²) in [4.78, 5) is 47.1. The van der Waals surface area contributed by atoms with Gasteiger partial charge in [0.05, 0.1) is 11.4 Å². The molecule has 7 N–H and O–H groups in total. The number of carbonyl (C=O) groups is 4. The van der Waals surface area contributed by atoms with Gasteiger partial charge in [-0.05, 0) is 37.8 Å². The van der Waals surface area contributed by atoms with Crippen LogP contribution in [0.5, 0.6) is 0 Å². The van der Waals surface area contributed by atoms with Crippen LogP contribution < -0.4 is 27.0 Å². The molecule has 0 saturated carbocycles. The molecule has 1 heterocycles. The Morgan fingerprint density at radius 1 is 1.00 bits per heavy atom. The number of carboxylic acids is 1. The van der Waals surface area contributed by atoms with Crippen molar-refractivity contribution in [2.75, 3.05) is 26.2 Å². The highest BCUT2D eigenvalue weighted by Crippen LogP contribution is 2.26. The molecule has 36 heavy (non-hydrogen) atoms. The number of nitrogens with zero attached hydrogens (tertiary/aromatic N) is 1. The van der Waals surface area contributed by atoms with Gasteiger partial charge in [0.2, 0.25) is 15.9 Å². The number of hydrogen-bond acceptors (Lipinski definition) is 6. The highest BCUT2D eigenvalue weighted by Gasteiger charge is 2.40. The number of urea groups is 2. The summed E-state index contributed by atoms with van der Waals surface area (Å²) in [5.74, 6) is -2.09. The average Bonchev–Trinajstić information content (AvgIpc) is 3.34. The van der Waals surface area contributed by atoms with Crippen molar-refractivity contribution in [3.05, 3.63) is 30.3 Å². The van der Waals surface area contributed by atoms with Crippen LogP contribution in [0.3, 0.4) is 0 Å². The van der Waals surface area contributed by atoms with E-state index < -0.39 is 46.0 Å². The van der Waals surface area contributed by atoms with Crippen LogP contribution >= 0.6 is 0 Å². The van der Waals surface area contributed by atoms with Crippen LogP contribution in [-0.4, -0.2) is 80.0 Å². The summed E-state index contributed by atoms with van der Waals surface area (Å²) in [5, 5.41) is 19.3. The first-order valence-electron chi connectivity index (χ1n) is 11.8. The number of hydrogen-bond donors (Lipinski definition) is 6. The van der Waals surface area contributed by atoms with Gasteiger partial charge < -0.3 is 32.1 Å². The zero-order valence-corrected chi connectivity index (χ0v) is 20.8. The summed E-state index contributed by atoms with van der Waals surface area (Å²) in [7, 11) is -3.92. The number of primary amides is 1. The molecule has 0 radical (unpaired) electrons. The highest BCUT2D eigenvalue weighted by atomic mass is 32.2. The Bertz CT molecular complexity index is 1010. The minimum absolute atomic E-state index is 0.0557. The smallest absolute Gasteiger partial charge is 0.328 e. The first kappa shape index (κ1) is 28.8. The van der Waals surface area contributed by atoms with Gasteiger partial charge in [-0.1, -0.05) is 31.0 Å². The predicted octanol–water partition coefficient (Wildman–Crippen LogP) is -0.0630. The molecule has 14 heteroatoms. The van der Waals surface area contributed by atoms with E-state index in [1.807, 2.05) is 0 Å². The molecule has 0 bridgehead atoms. The number of nitrogens with one attached hydrogen (secondary N) is 4. The van der Waals surface area contributed by atoms with E-state index in [0.29, 0.717) is 25.9 Å². The third kappa shape index (κ3) is 9.00. The number of carbonyl (C=O) groups excluding carboxylic acids is 3. The molecule has 1 aromatic carbocycles. The van der Waals surface area contributed by atoms with E-state index in [0.717, 1.165) is 23.6 Å². The maximum absolute atomic E-state index is 13.0. The average molecular weight is 527 g/mol. The Hall–Kier alpha value is -3.39. The van der Waals surface area contributed by atoms with Gasteiger partial charge >= 0.3 is 18.0 Å². The highest BCUT2D eigenvalue weighted by molar-refractivity contribution is 7.89. The fourth-order valence-corrected chi connectivity index (χ4v) is 5.44. The molecule has 5 amide bonds. The van der Waals surface area contributed by atoms with E-state index in [-0.39, 0.29) is 24.4 Å². The summed E-state index contributed by atoms with van der Waals surface area (Å²) < 4.78 is 27.0. The second-order valence-corrected chi connectivity index (χ2v) is 10.2. The second kappa shape index (κ2) is 14.2. The van der Waals surface area contributed by atoms with Crippen LogP contribution in [0.4, 0.5) is 9.59 Å². The van der Waals surface area contributed by atoms with E-state index in [4.69, 9.17) is 5.73 Å². The molecule has 13 nitrogen and oxygen atoms in total. The van der Waals surface area contributed by atoms with Crippen molar-refractivity contribution in [2.45, 2.75) is 55.5 Å². The lowest BCUT2D eigenvalue weighted by Crippen LogP contribution is -2.54. The van der Waals surface area contributed by atoms with E-state index in [1.165, 1.54) is 12.1 Å². The summed E-state index contributed by atoms with van der Waals surface area (Å²) in [5.41, 5.74) is 4.97. The lowest BCUT2D eigenvalue weighted by molar-refractivity contribution is -0.142. The van der Waals surface area contributed by atoms with Gasteiger partial charge in [-0.3, -0.25) is 4.79 Å². The van der Waals surface area contributed by atoms with E-state index >= 15 is 0 Å². The Morgan fingerprint density at radius 2 is 1.64 bits per heavy atom. The maximum Gasteiger partial charge on any atom is 0.328 e. The number of benzene rings is 1. The molecule has 200 valence electrons. The van der Waals surface area contributed by atoms with Gasteiger partial charge in [-0.15, -0.1) is 0 Å². The van der Waals surface area contributed by atoms with Crippen molar-refractivity contribution in [2.24, 2.45) is 5.73 Å². The first-order valence-corrected chi connectivity index (χ1v) is 13.2. The van der Waals surface area contributed by atoms with Crippen LogP contribution in [-0.2, 0) is 19.6 Å². The molecule has 1 fully saturated rings. The third-order valence-corrected chi connectivity index (χ3v) is 7.55. The van der Waals surface area contributed by atoms with Crippen molar-refractivity contribution in [1.82, 2.24) is 25.6 Å². The van der Waals surface area contributed by atoms with Crippen molar-refractivity contribution < 1.29 is 32.7 Å². The summed E-state index contributed by atoms with van der Waals surface area (Å²) in [6, 6.07) is 4.10. The Kier molecular flexibility index (Phi) is 11.4. The van der Waals surface area contributed by atoms with Gasteiger partial charge in [0.25, 0.3) is 0 Å². The standard InChI is InChI=1S/C22H34N6O7S/c23-21(32)24-12-6-1-2-7-13-25-22(33)26-15-17(20(30)31)27-19(29)18-11-8-14-28(18)36(34,35)16-9-4-3-5-10-16/h3-5,9-10,17-18H,1-2,6-8,11-15H2,(H,27,29)(H,30,31)(H3,23,24,32)(H2,25,26,33). The molecule has 1 aliphatic heterocycles. The number of nitrogens with two attached hydrogens (primary N) is 1. The van der Waals surface area contributed by atoms with E-state index in [1.54, 1.807) is 18.2 Å². The zero-order valence-electron chi connectivity index (χ0n) is 19.9. The fraction of sp³-hybridized carbons (Fsp3) is 0.545. The second-order valence-electron chi connectivity index (χ2n) is 8.33. The molecule has 2 atom stereocenters. The van der Waals surface area contributed by atoms with E-state index in [2.05, 4.69) is 21.3 Å². The topological polar surface area (TPSA) is 200 Å². The number of sulfonamides is 1. The Balaban J connectivity index is 1.78. The lowest BCUT2D eigenvalue weighted by Gasteiger charge is -2.25. The number of carboxylic acid groups (broad SMARTS) is 1. The molecule has 1 saturated heterocycles. The third-order valence-electron chi connectivity index (χ3n) is 5.63. The van der Waals surface area contributed by atoms with Gasteiger partial charge in [0, 0.05) is 19.6 Å².